The molecular formula is C21H22N6O. The fourth-order valence-electron chi connectivity index (χ4n) is 3.33. The Morgan fingerprint density at radius 1 is 1.14 bits per heavy atom. The zero-order valence-electron chi connectivity index (χ0n) is 16.3. The molecule has 4 aromatic rings. The molecule has 0 aromatic carbocycles. The Labute approximate surface area is 163 Å². The van der Waals surface area contributed by atoms with Gasteiger partial charge in [0.25, 0.3) is 5.91 Å². The van der Waals surface area contributed by atoms with Gasteiger partial charge in [-0.05, 0) is 37.1 Å². The summed E-state index contributed by atoms with van der Waals surface area (Å²) in [5.41, 5.74) is 5.26. The molecule has 28 heavy (non-hydrogen) atoms. The van der Waals surface area contributed by atoms with Gasteiger partial charge in [0, 0.05) is 30.1 Å². The van der Waals surface area contributed by atoms with Gasteiger partial charge in [-0.2, -0.15) is 10.2 Å². The monoisotopic (exact) mass is 374 g/mol. The third-order valence-corrected chi connectivity index (χ3v) is 4.78. The van der Waals surface area contributed by atoms with Crippen molar-refractivity contribution < 1.29 is 4.79 Å². The number of hydrogen-bond donors (Lipinski definition) is 1. The maximum atomic E-state index is 12.2. The number of carbonyl (C=O) groups is 1. The molecule has 1 amide bonds. The summed E-state index contributed by atoms with van der Waals surface area (Å²) >= 11 is 0. The minimum atomic E-state index is -0.162. The Hall–Kier alpha value is -3.48. The van der Waals surface area contributed by atoms with Crippen molar-refractivity contribution in [3.05, 3.63) is 65.7 Å². The van der Waals surface area contributed by atoms with E-state index in [4.69, 9.17) is 0 Å². The Bertz CT molecular complexity index is 1170. The minimum absolute atomic E-state index is 0.162. The Morgan fingerprint density at radius 3 is 2.68 bits per heavy atom. The SMILES string of the molecule is CNC(=O)c1cnn2ccc(-c3c(C(C)C)cnn3-c3cccc(C)n3)cc12. The minimum Gasteiger partial charge on any atom is -0.355 e. The standard InChI is InChI=1S/C21H22N6O/c1-13(2)16-11-24-27(19-7-5-6-14(3)25-19)20(16)15-8-9-26-18(10-15)17(12-23-26)21(28)22-4/h5-13H,1-4H3,(H,22,28). The fourth-order valence-corrected chi connectivity index (χ4v) is 3.33. The van der Waals surface area contributed by atoms with E-state index in [-0.39, 0.29) is 11.8 Å². The molecule has 7 nitrogen and oxygen atoms in total. The average molecular weight is 374 g/mol. The molecular weight excluding hydrogens is 352 g/mol. The van der Waals surface area contributed by atoms with Crippen LogP contribution in [0.1, 0.15) is 41.4 Å². The molecule has 0 aliphatic carbocycles. The van der Waals surface area contributed by atoms with E-state index in [0.29, 0.717) is 5.56 Å². The lowest BCUT2D eigenvalue weighted by Gasteiger charge is -2.12. The van der Waals surface area contributed by atoms with Crippen molar-refractivity contribution in [2.45, 2.75) is 26.7 Å². The maximum Gasteiger partial charge on any atom is 0.254 e. The summed E-state index contributed by atoms with van der Waals surface area (Å²) in [6.45, 7) is 6.24. The van der Waals surface area contributed by atoms with Gasteiger partial charge in [-0.3, -0.25) is 4.79 Å². The summed E-state index contributed by atoms with van der Waals surface area (Å²) in [5, 5.41) is 11.6. The van der Waals surface area contributed by atoms with Gasteiger partial charge in [0.2, 0.25) is 0 Å². The zero-order chi connectivity index (χ0) is 19.8. The number of pyridine rings is 2. The summed E-state index contributed by atoms with van der Waals surface area (Å²) in [6.07, 6.45) is 5.34. The zero-order valence-corrected chi connectivity index (χ0v) is 16.3. The van der Waals surface area contributed by atoms with Crippen LogP contribution in [-0.4, -0.2) is 37.3 Å². The topological polar surface area (TPSA) is 77.1 Å². The summed E-state index contributed by atoms with van der Waals surface area (Å²) in [6, 6.07) is 9.85. The number of carbonyl (C=O) groups excluding carboxylic acids is 1. The summed E-state index contributed by atoms with van der Waals surface area (Å²) < 4.78 is 3.57. The van der Waals surface area contributed by atoms with E-state index in [2.05, 4.69) is 34.3 Å². The summed E-state index contributed by atoms with van der Waals surface area (Å²) in [5.74, 6) is 0.889. The number of amides is 1. The Balaban J connectivity index is 1.95. The van der Waals surface area contributed by atoms with Crippen molar-refractivity contribution in [2.75, 3.05) is 7.05 Å². The highest BCUT2D eigenvalue weighted by molar-refractivity contribution is 6.01. The van der Waals surface area contributed by atoms with E-state index in [1.54, 1.807) is 17.8 Å². The normalized spacial score (nSPS) is 11.3. The molecule has 0 spiro atoms. The van der Waals surface area contributed by atoms with Gasteiger partial charge in [-0.15, -0.1) is 0 Å². The number of nitrogens with zero attached hydrogens (tertiary/aromatic N) is 5. The molecule has 0 unspecified atom stereocenters. The quantitative estimate of drug-likeness (QED) is 0.594. The van der Waals surface area contributed by atoms with Crippen molar-refractivity contribution in [3.8, 4) is 17.1 Å². The fraction of sp³-hybridized carbons (Fsp3) is 0.238. The van der Waals surface area contributed by atoms with Crippen molar-refractivity contribution in [2.24, 2.45) is 0 Å². The highest BCUT2D eigenvalue weighted by Gasteiger charge is 2.19. The lowest BCUT2D eigenvalue weighted by atomic mass is 9.99. The van der Waals surface area contributed by atoms with Crippen LogP contribution >= 0.6 is 0 Å². The molecule has 0 fully saturated rings. The lowest BCUT2D eigenvalue weighted by molar-refractivity contribution is 0.0964. The number of aromatic nitrogens is 5. The predicted octanol–water partition coefficient (Wildman–Crippen LogP) is 3.37. The van der Waals surface area contributed by atoms with Gasteiger partial charge < -0.3 is 5.32 Å². The van der Waals surface area contributed by atoms with Crippen LogP contribution in [0.25, 0.3) is 22.6 Å². The van der Waals surface area contributed by atoms with E-state index < -0.39 is 0 Å². The number of hydrogen-bond acceptors (Lipinski definition) is 4. The second-order valence-electron chi connectivity index (χ2n) is 7.03. The van der Waals surface area contributed by atoms with Crippen molar-refractivity contribution in [1.82, 2.24) is 29.7 Å². The first-order valence-corrected chi connectivity index (χ1v) is 9.21. The van der Waals surface area contributed by atoms with Crippen LogP contribution in [0.5, 0.6) is 0 Å². The third kappa shape index (κ3) is 2.94. The molecule has 142 valence electrons. The van der Waals surface area contributed by atoms with Gasteiger partial charge in [-0.25, -0.2) is 14.2 Å². The van der Waals surface area contributed by atoms with Crippen LogP contribution < -0.4 is 5.32 Å². The summed E-state index contributed by atoms with van der Waals surface area (Å²) in [7, 11) is 1.62. The highest BCUT2D eigenvalue weighted by Crippen LogP contribution is 2.32. The molecule has 0 aliphatic rings. The molecule has 0 radical (unpaired) electrons. The second-order valence-corrected chi connectivity index (χ2v) is 7.03. The molecule has 1 N–H and O–H groups in total. The van der Waals surface area contributed by atoms with E-state index in [9.17, 15) is 4.79 Å². The first-order valence-electron chi connectivity index (χ1n) is 9.21. The van der Waals surface area contributed by atoms with Crippen molar-refractivity contribution in [3.63, 3.8) is 0 Å². The van der Waals surface area contributed by atoms with Gasteiger partial charge >= 0.3 is 0 Å². The average Bonchev–Trinajstić information content (AvgIpc) is 3.31. The van der Waals surface area contributed by atoms with Crippen LogP contribution in [0.4, 0.5) is 0 Å². The Kier molecular flexibility index (Phi) is 4.43. The molecule has 4 heterocycles. The maximum absolute atomic E-state index is 12.2. The van der Waals surface area contributed by atoms with Gasteiger partial charge in [-0.1, -0.05) is 19.9 Å². The van der Waals surface area contributed by atoms with E-state index >= 15 is 0 Å². The van der Waals surface area contributed by atoms with E-state index in [1.807, 2.05) is 54.3 Å². The number of fused-ring (bicyclic) bond motifs is 1. The molecule has 0 bridgehead atoms. The first kappa shape index (κ1) is 17.9. The van der Waals surface area contributed by atoms with Crippen molar-refractivity contribution >= 4 is 11.4 Å². The second kappa shape index (κ2) is 6.92. The highest BCUT2D eigenvalue weighted by atomic mass is 16.1. The number of aryl methyl sites for hydroxylation is 1. The molecule has 0 aliphatic heterocycles. The van der Waals surface area contributed by atoms with Gasteiger partial charge in [0.15, 0.2) is 5.82 Å². The van der Waals surface area contributed by atoms with Crippen LogP contribution in [0.15, 0.2) is 48.9 Å². The van der Waals surface area contributed by atoms with E-state index in [1.165, 1.54) is 0 Å². The molecule has 0 saturated heterocycles. The molecule has 0 atom stereocenters. The predicted molar refractivity (Wildman–Crippen MR) is 108 cm³/mol. The third-order valence-electron chi connectivity index (χ3n) is 4.78. The lowest BCUT2D eigenvalue weighted by Crippen LogP contribution is -2.17. The molecule has 0 saturated carbocycles. The van der Waals surface area contributed by atoms with E-state index in [0.717, 1.165) is 33.8 Å². The van der Waals surface area contributed by atoms with Gasteiger partial charge in [0.05, 0.1) is 29.2 Å². The van der Waals surface area contributed by atoms with Crippen LogP contribution in [0, 0.1) is 6.92 Å². The van der Waals surface area contributed by atoms with Crippen LogP contribution in [0.3, 0.4) is 0 Å². The number of nitrogens with one attached hydrogen (secondary N) is 1. The first-order chi connectivity index (χ1) is 13.5. The Morgan fingerprint density at radius 2 is 1.96 bits per heavy atom. The molecule has 4 aromatic heterocycles. The van der Waals surface area contributed by atoms with Crippen LogP contribution in [0.2, 0.25) is 0 Å². The largest absolute Gasteiger partial charge is 0.355 e. The smallest absolute Gasteiger partial charge is 0.254 e. The summed E-state index contributed by atoms with van der Waals surface area (Å²) in [4.78, 5) is 16.8. The van der Waals surface area contributed by atoms with Gasteiger partial charge in [0.1, 0.15) is 0 Å². The number of rotatable bonds is 4. The molecule has 4 rings (SSSR count). The van der Waals surface area contributed by atoms with Crippen molar-refractivity contribution in [1.29, 1.82) is 0 Å². The molecule has 7 heteroatoms. The van der Waals surface area contributed by atoms with Crippen LogP contribution in [-0.2, 0) is 0 Å².